The lowest BCUT2D eigenvalue weighted by molar-refractivity contribution is 0.128. The van der Waals surface area contributed by atoms with Crippen molar-refractivity contribution in [2.45, 2.75) is 20.1 Å². The molecule has 0 bridgehead atoms. The van der Waals surface area contributed by atoms with Crippen LogP contribution in [0.2, 0.25) is 10.2 Å². The van der Waals surface area contributed by atoms with Gasteiger partial charge in [-0.1, -0.05) is 35.3 Å². The predicted molar refractivity (Wildman–Crippen MR) is 81.2 cm³/mol. The molecule has 1 aromatic carbocycles. The highest BCUT2D eigenvalue weighted by Gasteiger charge is 2.03. The van der Waals surface area contributed by atoms with Gasteiger partial charge in [-0.05, 0) is 24.6 Å². The second-order valence-electron chi connectivity index (χ2n) is 4.11. The van der Waals surface area contributed by atoms with Gasteiger partial charge in [0.1, 0.15) is 17.6 Å². The molecule has 0 atom stereocenters. The molecule has 0 aliphatic heterocycles. The monoisotopic (exact) mass is 311 g/mol. The first kappa shape index (κ1) is 15.0. The molecule has 4 nitrogen and oxygen atoms in total. The van der Waals surface area contributed by atoms with Gasteiger partial charge < -0.3 is 10.1 Å². The summed E-state index contributed by atoms with van der Waals surface area (Å²) >= 11 is 11.9. The number of anilines is 1. The fourth-order valence-corrected chi connectivity index (χ4v) is 2.07. The van der Waals surface area contributed by atoms with Gasteiger partial charge in [0.2, 0.25) is 0 Å². The van der Waals surface area contributed by atoms with Gasteiger partial charge in [0.25, 0.3) is 0 Å². The van der Waals surface area contributed by atoms with Gasteiger partial charge in [-0.2, -0.15) is 0 Å². The molecule has 0 fully saturated rings. The van der Waals surface area contributed by atoms with Crippen LogP contribution in [0.3, 0.4) is 0 Å². The van der Waals surface area contributed by atoms with Gasteiger partial charge >= 0.3 is 0 Å². The van der Waals surface area contributed by atoms with Crippen LogP contribution in [0, 0.1) is 0 Å². The number of ether oxygens (including phenoxy) is 1. The van der Waals surface area contributed by atoms with Crippen LogP contribution < -0.4 is 5.32 Å². The third-order valence-corrected chi connectivity index (χ3v) is 2.97. The number of aromatic nitrogens is 2. The maximum Gasteiger partial charge on any atom is 0.158 e. The maximum atomic E-state index is 5.97. The average molecular weight is 312 g/mol. The molecule has 1 heterocycles. The Bertz CT molecular complexity index is 578. The van der Waals surface area contributed by atoms with Crippen LogP contribution in [0.25, 0.3) is 0 Å². The van der Waals surface area contributed by atoms with E-state index in [4.69, 9.17) is 27.9 Å². The molecule has 106 valence electrons. The molecule has 0 radical (unpaired) electrons. The molecule has 20 heavy (non-hydrogen) atoms. The molecular formula is C14H15Cl2N3O. The topological polar surface area (TPSA) is 47.0 Å². The van der Waals surface area contributed by atoms with Crippen LogP contribution in [0.4, 0.5) is 5.82 Å². The molecule has 1 N–H and O–H groups in total. The summed E-state index contributed by atoms with van der Waals surface area (Å²) in [4.78, 5) is 8.45. The van der Waals surface area contributed by atoms with Gasteiger partial charge in [-0.15, -0.1) is 0 Å². The lowest BCUT2D eigenvalue weighted by Gasteiger charge is -2.08. The molecule has 0 saturated heterocycles. The Hall–Kier alpha value is -1.36. The van der Waals surface area contributed by atoms with Crippen molar-refractivity contribution in [3.63, 3.8) is 0 Å². The van der Waals surface area contributed by atoms with E-state index in [9.17, 15) is 0 Å². The van der Waals surface area contributed by atoms with Crippen molar-refractivity contribution < 1.29 is 4.74 Å². The van der Waals surface area contributed by atoms with Crippen LogP contribution in [0.1, 0.15) is 18.3 Å². The lowest BCUT2D eigenvalue weighted by atomic mass is 10.2. The molecule has 2 aromatic rings. The van der Waals surface area contributed by atoms with E-state index in [1.54, 1.807) is 6.07 Å². The standard InChI is InChI=1S/C14H15Cl2N3O/c1-2-20-9-14-18-12(16)7-13(19-14)17-8-10-4-3-5-11(15)6-10/h3-7H,2,8-9H2,1H3,(H,17,18,19). The van der Waals surface area contributed by atoms with E-state index in [0.29, 0.717) is 41.6 Å². The molecule has 0 amide bonds. The summed E-state index contributed by atoms with van der Waals surface area (Å²) in [5.41, 5.74) is 1.07. The summed E-state index contributed by atoms with van der Waals surface area (Å²) in [6.45, 7) is 3.49. The fraction of sp³-hybridized carbons (Fsp3) is 0.286. The van der Waals surface area contributed by atoms with Crippen molar-refractivity contribution in [3.8, 4) is 0 Å². The lowest BCUT2D eigenvalue weighted by Crippen LogP contribution is -2.06. The van der Waals surface area contributed by atoms with E-state index in [0.717, 1.165) is 5.56 Å². The molecule has 0 aliphatic carbocycles. The number of halogens is 2. The van der Waals surface area contributed by atoms with Gasteiger partial charge in [0, 0.05) is 24.2 Å². The first-order valence-corrected chi connectivity index (χ1v) is 7.02. The first-order valence-electron chi connectivity index (χ1n) is 6.27. The highest BCUT2D eigenvalue weighted by Crippen LogP contribution is 2.15. The summed E-state index contributed by atoms with van der Waals surface area (Å²) in [5, 5.41) is 4.30. The zero-order valence-corrected chi connectivity index (χ0v) is 12.6. The van der Waals surface area contributed by atoms with Gasteiger partial charge in [0.15, 0.2) is 5.82 Å². The number of nitrogens with zero attached hydrogens (tertiary/aromatic N) is 2. The summed E-state index contributed by atoms with van der Waals surface area (Å²) in [6.07, 6.45) is 0. The minimum atomic E-state index is 0.350. The molecular weight excluding hydrogens is 297 g/mol. The minimum absolute atomic E-state index is 0.350. The Morgan fingerprint density at radius 2 is 2.05 bits per heavy atom. The van der Waals surface area contributed by atoms with Crippen LogP contribution in [0.15, 0.2) is 30.3 Å². The summed E-state index contributed by atoms with van der Waals surface area (Å²) < 4.78 is 5.28. The zero-order valence-electron chi connectivity index (χ0n) is 11.1. The van der Waals surface area contributed by atoms with Gasteiger partial charge in [-0.25, -0.2) is 9.97 Å². The molecule has 0 saturated carbocycles. The third kappa shape index (κ3) is 4.63. The highest BCUT2D eigenvalue weighted by molar-refractivity contribution is 6.30. The van der Waals surface area contributed by atoms with Gasteiger partial charge in [0.05, 0.1) is 0 Å². The highest BCUT2D eigenvalue weighted by atomic mass is 35.5. The Balaban J connectivity index is 2.03. The summed E-state index contributed by atoms with van der Waals surface area (Å²) in [7, 11) is 0. The minimum Gasteiger partial charge on any atom is -0.374 e. The van der Waals surface area contributed by atoms with E-state index in [1.807, 2.05) is 31.2 Å². The van der Waals surface area contributed by atoms with Gasteiger partial charge in [-0.3, -0.25) is 0 Å². The number of hydrogen-bond acceptors (Lipinski definition) is 4. The zero-order chi connectivity index (χ0) is 14.4. The largest absolute Gasteiger partial charge is 0.374 e. The SMILES string of the molecule is CCOCc1nc(Cl)cc(NCc2cccc(Cl)c2)n1. The first-order chi connectivity index (χ1) is 9.67. The smallest absolute Gasteiger partial charge is 0.158 e. The Morgan fingerprint density at radius 3 is 2.80 bits per heavy atom. The third-order valence-electron chi connectivity index (χ3n) is 2.54. The van der Waals surface area contributed by atoms with E-state index >= 15 is 0 Å². The number of benzene rings is 1. The number of rotatable bonds is 6. The van der Waals surface area contributed by atoms with Crippen molar-refractivity contribution >= 4 is 29.0 Å². The second-order valence-corrected chi connectivity index (χ2v) is 4.94. The Kier molecular flexibility index (Phi) is 5.59. The van der Waals surface area contributed by atoms with E-state index in [1.165, 1.54) is 0 Å². The second kappa shape index (κ2) is 7.43. The predicted octanol–water partition coefficient (Wildman–Crippen LogP) is 3.93. The average Bonchev–Trinajstić information content (AvgIpc) is 2.42. The normalized spacial score (nSPS) is 10.6. The van der Waals surface area contributed by atoms with E-state index in [-0.39, 0.29) is 0 Å². The fourth-order valence-electron chi connectivity index (χ4n) is 1.65. The van der Waals surface area contributed by atoms with Crippen molar-refractivity contribution in [1.29, 1.82) is 0 Å². The van der Waals surface area contributed by atoms with Crippen molar-refractivity contribution in [2.75, 3.05) is 11.9 Å². The van der Waals surface area contributed by atoms with Crippen molar-refractivity contribution in [1.82, 2.24) is 9.97 Å². The molecule has 2 rings (SSSR count). The molecule has 1 aromatic heterocycles. The summed E-state index contributed by atoms with van der Waals surface area (Å²) in [5.74, 6) is 1.23. The number of nitrogens with one attached hydrogen (secondary N) is 1. The van der Waals surface area contributed by atoms with Crippen molar-refractivity contribution in [3.05, 3.63) is 51.9 Å². The van der Waals surface area contributed by atoms with Crippen LogP contribution in [-0.2, 0) is 17.9 Å². The van der Waals surface area contributed by atoms with Crippen LogP contribution >= 0.6 is 23.2 Å². The van der Waals surface area contributed by atoms with E-state index in [2.05, 4.69) is 15.3 Å². The van der Waals surface area contributed by atoms with Crippen molar-refractivity contribution in [2.24, 2.45) is 0 Å². The quantitative estimate of drug-likeness (QED) is 0.821. The Labute approximate surface area is 128 Å². The van der Waals surface area contributed by atoms with Crippen LogP contribution in [0.5, 0.6) is 0 Å². The maximum absolute atomic E-state index is 5.97. The molecule has 0 spiro atoms. The Morgan fingerprint density at radius 1 is 1.20 bits per heavy atom. The molecule has 6 heteroatoms. The van der Waals surface area contributed by atoms with E-state index < -0.39 is 0 Å². The molecule has 0 aliphatic rings. The molecule has 0 unspecified atom stereocenters. The number of hydrogen-bond donors (Lipinski definition) is 1. The summed E-state index contributed by atoms with van der Waals surface area (Å²) in [6, 6.07) is 9.32. The van der Waals surface area contributed by atoms with Crippen LogP contribution in [-0.4, -0.2) is 16.6 Å².